The summed E-state index contributed by atoms with van der Waals surface area (Å²) in [7, 11) is 0. The highest BCUT2D eigenvalue weighted by atomic mass is 19.4. The summed E-state index contributed by atoms with van der Waals surface area (Å²) in [5.74, 6) is -4.85. The molecule has 4 aliphatic carbocycles. The third-order valence-corrected chi connectivity index (χ3v) is 9.46. The number of allylic oxidation sites excluding steroid dienone is 2. The Bertz CT molecular complexity index is 770. The van der Waals surface area contributed by atoms with Crippen molar-refractivity contribution in [2.45, 2.75) is 82.9 Å². The second-order valence-corrected chi connectivity index (χ2v) is 10.3. The number of aliphatic hydroxyl groups is 1. The van der Waals surface area contributed by atoms with Crippen LogP contribution >= 0.6 is 0 Å². The maximum Gasteiger partial charge on any atom is 0.456 e. The predicted octanol–water partition coefficient (Wildman–Crippen LogP) is 6.02. The Kier molecular flexibility index (Phi) is 4.50. The van der Waals surface area contributed by atoms with Crippen LogP contribution in [0.3, 0.4) is 0 Å². The lowest BCUT2D eigenvalue weighted by molar-refractivity contribution is -0.364. The number of hydrogen-bond donors (Lipinski definition) is 1. The number of fused-ring (bicyclic) bond motifs is 5. The minimum absolute atomic E-state index is 0.0195. The number of nitriles is 1. The van der Waals surface area contributed by atoms with Gasteiger partial charge in [-0.15, -0.1) is 0 Å². The Hall–Kier alpha value is -1.16. The summed E-state index contributed by atoms with van der Waals surface area (Å²) < 4.78 is 68.6. The fourth-order valence-electron chi connectivity index (χ4n) is 7.82. The van der Waals surface area contributed by atoms with E-state index in [1.807, 2.05) is 6.08 Å². The molecule has 0 aromatic heterocycles. The quantitative estimate of drug-likeness (QED) is 0.531. The standard InChI is InChI=1S/C22H28F5NO/c1-18-11-13(12-28)3-4-14(18)5-6-15-16(18)7-9-19(2)17(15)8-10-20(19,29)21(23,24)22(25,26)27/h3,14-17,29H,4-11H2,1-2H3/t14-,15-,16+,17+,18+,19+,20+/m1/s1. The molecular formula is C22H28F5NO. The first-order valence-corrected chi connectivity index (χ1v) is 10.6. The SMILES string of the molecule is C[C@]12CC(C#N)=CC[C@@H]1CC[C@@H]1[C@@H]2CC[C@@]2(C)[C@H]1CC[C@@]2(O)C(F)(F)C(F)(F)F. The molecule has 7 heteroatoms. The number of hydrogen-bond acceptors (Lipinski definition) is 2. The molecule has 162 valence electrons. The first-order valence-electron chi connectivity index (χ1n) is 10.6. The van der Waals surface area contributed by atoms with Crippen molar-refractivity contribution in [1.82, 2.24) is 0 Å². The fraction of sp³-hybridized carbons (Fsp3) is 0.864. The molecule has 3 saturated carbocycles. The van der Waals surface area contributed by atoms with Gasteiger partial charge in [0.15, 0.2) is 0 Å². The van der Waals surface area contributed by atoms with Gasteiger partial charge in [-0.25, -0.2) is 0 Å². The topological polar surface area (TPSA) is 44.0 Å². The summed E-state index contributed by atoms with van der Waals surface area (Å²) in [6, 6.07) is 2.26. The van der Waals surface area contributed by atoms with E-state index in [1.54, 1.807) is 0 Å². The van der Waals surface area contributed by atoms with E-state index >= 15 is 0 Å². The van der Waals surface area contributed by atoms with Crippen molar-refractivity contribution in [1.29, 1.82) is 5.26 Å². The summed E-state index contributed by atoms with van der Waals surface area (Å²) in [5, 5.41) is 20.2. The zero-order valence-electron chi connectivity index (χ0n) is 16.8. The Morgan fingerprint density at radius 1 is 1.03 bits per heavy atom. The first kappa shape index (κ1) is 21.1. The van der Waals surface area contributed by atoms with Crippen LogP contribution in [0.1, 0.15) is 65.2 Å². The highest BCUT2D eigenvalue weighted by Gasteiger charge is 2.79. The van der Waals surface area contributed by atoms with Crippen LogP contribution in [0.5, 0.6) is 0 Å². The van der Waals surface area contributed by atoms with Gasteiger partial charge < -0.3 is 5.11 Å². The van der Waals surface area contributed by atoms with Crippen molar-refractivity contribution >= 4 is 0 Å². The second kappa shape index (κ2) is 6.18. The Morgan fingerprint density at radius 3 is 2.31 bits per heavy atom. The van der Waals surface area contributed by atoms with E-state index in [-0.39, 0.29) is 36.0 Å². The van der Waals surface area contributed by atoms with E-state index < -0.39 is 29.5 Å². The summed E-state index contributed by atoms with van der Waals surface area (Å²) in [5.41, 5.74) is -3.89. The lowest BCUT2D eigenvalue weighted by Gasteiger charge is -2.61. The Morgan fingerprint density at radius 2 is 1.69 bits per heavy atom. The molecule has 3 fully saturated rings. The smallest absolute Gasteiger partial charge is 0.383 e. The highest BCUT2D eigenvalue weighted by Crippen LogP contribution is 2.71. The maximum atomic E-state index is 14.5. The van der Waals surface area contributed by atoms with Gasteiger partial charge in [0.05, 0.1) is 6.07 Å². The summed E-state index contributed by atoms with van der Waals surface area (Å²) in [4.78, 5) is 0. The molecule has 4 aliphatic rings. The van der Waals surface area contributed by atoms with Gasteiger partial charge in [-0.2, -0.15) is 27.2 Å². The fourth-order valence-corrected chi connectivity index (χ4v) is 7.82. The normalized spacial score (nSPS) is 47.5. The predicted molar refractivity (Wildman–Crippen MR) is 96.8 cm³/mol. The van der Waals surface area contributed by atoms with Crippen molar-refractivity contribution in [3.8, 4) is 6.07 Å². The lowest BCUT2D eigenvalue weighted by atomic mass is 9.44. The molecule has 0 unspecified atom stereocenters. The Labute approximate surface area is 168 Å². The average Bonchev–Trinajstić information content (AvgIpc) is 2.92. The van der Waals surface area contributed by atoms with Crippen molar-refractivity contribution in [3.63, 3.8) is 0 Å². The number of alkyl halides is 5. The van der Waals surface area contributed by atoms with Crippen molar-refractivity contribution in [2.24, 2.45) is 34.5 Å². The van der Waals surface area contributed by atoms with E-state index in [1.165, 1.54) is 6.92 Å². The van der Waals surface area contributed by atoms with Gasteiger partial charge in [0.25, 0.3) is 0 Å². The van der Waals surface area contributed by atoms with Gasteiger partial charge in [-0.3, -0.25) is 0 Å². The van der Waals surface area contributed by atoms with E-state index in [4.69, 9.17) is 0 Å². The molecule has 7 atom stereocenters. The number of rotatable bonds is 1. The van der Waals surface area contributed by atoms with Crippen LogP contribution in [0.25, 0.3) is 0 Å². The third kappa shape index (κ3) is 2.53. The van der Waals surface area contributed by atoms with Crippen LogP contribution in [0.15, 0.2) is 11.6 Å². The number of nitrogens with zero attached hydrogens (tertiary/aromatic N) is 1. The molecule has 0 spiro atoms. The van der Waals surface area contributed by atoms with Gasteiger partial charge in [0.1, 0.15) is 5.60 Å². The van der Waals surface area contributed by atoms with Gasteiger partial charge >= 0.3 is 12.1 Å². The zero-order chi connectivity index (χ0) is 21.5. The molecule has 0 bridgehead atoms. The second-order valence-electron chi connectivity index (χ2n) is 10.3. The van der Waals surface area contributed by atoms with Gasteiger partial charge in [-0.05, 0) is 80.5 Å². The minimum Gasteiger partial charge on any atom is -0.383 e. The summed E-state index contributed by atoms with van der Waals surface area (Å²) >= 11 is 0. The summed E-state index contributed by atoms with van der Waals surface area (Å²) in [6.45, 7) is 3.63. The molecule has 1 N–H and O–H groups in total. The Balaban J connectivity index is 1.68. The highest BCUT2D eigenvalue weighted by molar-refractivity contribution is 5.28. The molecule has 0 aliphatic heterocycles. The van der Waals surface area contributed by atoms with Gasteiger partial charge in [0, 0.05) is 11.0 Å². The molecule has 0 aromatic carbocycles. The van der Waals surface area contributed by atoms with Crippen LogP contribution in [0, 0.1) is 45.8 Å². The van der Waals surface area contributed by atoms with Crippen LogP contribution < -0.4 is 0 Å². The number of halogens is 5. The van der Waals surface area contributed by atoms with Crippen LogP contribution in [-0.2, 0) is 0 Å². The van der Waals surface area contributed by atoms with Crippen molar-refractivity contribution < 1.29 is 27.1 Å². The largest absolute Gasteiger partial charge is 0.456 e. The van der Waals surface area contributed by atoms with E-state index in [2.05, 4.69) is 13.0 Å². The van der Waals surface area contributed by atoms with Crippen LogP contribution in [0.2, 0.25) is 0 Å². The molecule has 2 nitrogen and oxygen atoms in total. The molecule has 0 aromatic rings. The maximum absolute atomic E-state index is 14.5. The van der Waals surface area contributed by atoms with Crippen molar-refractivity contribution in [2.75, 3.05) is 0 Å². The van der Waals surface area contributed by atoms with Crippen LogP contribution in [0.4, 0.5) is 22.0 Å². The molecule has 0 amide bonds. The monoisotopic (exact) mass is 417 g/mol. The minimum atomic E-state index is -5.77. The van der Waals surface area contributed by atoms with Crippen LogP contribution in [-0.4, -0.2) is 22.8 Å². The summed E-state index contributed by atoms with van der Waals surface area (Å²) in [6.07, 6.45) is -0.220. The van der Waals surface area contributed by atoms with E-state index in [0.29, 0.717) is 18.8 Å². The first-order chi connectivity index (χ1) is 13.3. The van der Waals surface area contributed by atoms with Gasteiger partial charge in [0.2, 0.25) is 0 Å². The molecule has 0 radical (unpaired) electrons. The third-order valence-electron chi connectivity index (χ3n) is 9.46. The average molecular weight is 417 g/mol. The molecule has 29 heavy (non-hydrogen) atoms. The zero-order valence-corrected chi connectivity index (χ0v) is 16.8. The van der Waals surface area contributed by atoms with E-state index in [0.717, 1.165) is 24.8 Å². The van der Waals surface area contributed by atoms with Gasteiger partial charge in [-0.1, -0.05) is 19.9 Å². The van der Waals surface area contributed by atoms with E-state index in [9.17, 15) is 32.3 Å². The molecule has 4 rings (SSSR count). The molecule has 0 saturated heterocycles. The lowest BCUT2D eigenvalue weighted by Crippen LogP contribution is -2.65. The molecular weight excluding hydrogens is 389 g/mol. The molecule has 0 heterocycles. The van der Waals surface area contributed by atoms with Crippen molar-refractivity contribution in [3.05, 3.63) is 11.6 Å².